The molecule has 6 heteroatoms. The molecule has 122 valence electrons. The number of carbonyl (C=O) groups is 1. The highest BCUT2D eigenvalue weighted by molar-refractivity contribution is 5.76. The molecule has 3 rings (SSSR count). The average Bonchev–Trinajstić information content (AvgIpc) is 3.19. The molecule has 0 spiro atoms. The van der Waals surface area contributed by atoms with Crippen LogP contribution >= 0.6 is 0 Å². The zero-order valence-electron chi connectivity index (χ0n) is 13.3. The van der Waals surface area contributed by atoms with Crippen molar-refractivity contribution in [1.29, 1.82) is 0 Å². The van der Waals surface area contributed by atoms with E-state index in [1.807, 2.05) is 4.68 Å². The van der Waals surface area contributed by atoms with Crippen LogP contribution in [0.2, 0.25) is 0 Å². The summed E-state index contributed by atoms with van der Waals surface area (Å²) in [7, 11) is 0. The van der Waals surface area contributed by atoms with Gasteiger partial charge in [-0.2, -0.15) is 5.10 Å². The van der Waals surface area contributed by atoms with Gasteiger partial charge in [0, 0.05) is 25.0 Å². The number of nitrogens with one attached hydrogen (secondary N) is 1. The first-order valence-corrected chi connectivity index (χ1v) is 8.67. The molecule has 1 aliphatic heterocycles. The van der Waals surface area contributed by atoms with Crippen molar-refractivity contribution in [2.75, 3.05) is 13.1 Å². The van der Waals surface area contributed by atoms with Crippen LogP contribution in [0.5, 0.6) is 0 Å². The number of likely N-dealkylation sites (tertiary alicyclic amines) is 1. The van der Waals surface area contributed by atoms with Crippen LogP contribution in [0, 0.1) is 0 Å². The van der Waals surface area contributed by atoms with Gasteiger partial charge in [-0.1, -0.05) is 19.3 Å². The molecule has 2 fully saturated rings. The molecule has 1 saturated heterocycles. The lowest BCUT2D eigenvalue weighted by molar-refractivity contribution is -0.122. The van der Waals surface area contributed by atoms with Gasteiger partial charge in [0.1, 0.15) is 12.7 Å². The molecule has 1 N–H and O–H groups in total. The van der Waals surface area contributed by atoms with Gasteiger partial charge < -0.3 is 5.32 Å². The third-order valence-corrected chi connectivity index (χ3v) is 4.96. The number of aromatic nitrogens is 3. The first kappa shape index (κ1) is 15.5. The summed E-state index contributed by atoms with van der Waals surface area (Å²) in [4.78, 5) is 18.6. The Labute approximate surface area is 132 Å². The number of nitrogens with zero attached hydrogens (tertiary/aromatic N) is 4. The molecular weight excluding hydrogens is 278 g/mol. The zero-order chi connectivity index (χ0) is 15.2. The van der Waals surface area contributed by atoms with Crippen LogP contribution in [0.25, 0.3) is 0 Å². The summed E-state index contributed by atoms with van der Waals surface area (Å²) in [5.41, 5.74) is 0. The van der Waals surface area contributed by atoms with Crippen molar-refractivity contribution in [3.8, 4) is 0 Å². The minimum Gasteiger partial charge on any atom is -0.353 e. The molecule has 1 amide bonds. The van der Waals surface area contributed by atoms with E-state index in [9.17, 15) is 4.79 Å². The molecule has 1 unspecified atom stereocenters. The predicted octanol–water partition coefficient (Wildman–Crippen LogP) is 1.58. The van der Waals surface area contributed by atoms with Gasteiger partial charge in [0.2, 0.25) is 5.91 Å². The molecule has 0 radical (unpaired) electrons. The van der Waals surface area contributed by atoms with Gasteiger partial charge in [0.25, 0.3) is 0 Å². The fourth-order valence-corrected chi connectivity index (χ4v) is 3.73. The largest absolute Gasteiger partial charge is 0.353 e. The van der Waals surface area contributed by atoms with Gasteiger partial charge in [-0.3, -0.25) is 14.4 Å². The summed E-state index contributed by atoms with van der Waals surface area (Å²) in [6.07, 6.45) is 12.5. The number of amides is 1. The summed E-state index contributed by atoms with van der Waals surface area (Å²) >= 11 is 0. The molecule has 1 saturated carbocycles. The van der Waals surface area contributed by atoms with Gasteiger partial charge in [-0.15, -0.1) is 0 Å². The summed E-state index contributed by atoms with van der Waals surface area (Å²) in [6, 6.07) is 0.912. The van der Waals surface area contributed by atoms with E-state index in [1.165, 1.54) is 32.1 Å². The Morgan fingerprint density at radius 3 is 2.82 bits per heavy atom. The highest BCUT2D eigenvalue weighted by Crippen LogP contribution is 2.19. The van der Waals surface area contributed by atoms with Gasteiger partial charge in [0.05, 0.1) is 6.54 Å². The van der Waals surface area contributed by atoms with Crippen molar-refractivity contribution in [3.05, 3.63) is 12.7 Å². The Morgan fingerprint density at radius 1 is 1.18 bits per heavy atom. The Bertz CT molecular complexity index is 455. The number of rotatable bonds is 6. The van der Waals surface area contributed by atoms with Gasteiger partial charge >= 0.3 is 0 Å². The first-order valence-electron chi connectivity index (χ1n) is 8.67. The van der Waals surface area contributed by atoms with Crippen LogP contribution in [0.15, 0.2) is 12.7 Å². The van der Waals surface area contributed by atoms with E-state index in [-0.39, 0.29) is 5.91 Å². The Kier molecular flexibility index (Phi) is 5.43. The quantitative estimate of drug-likeness (QED) is 0.867. The fourth-order valence-electron chi connectivity index (χ4n) is 3.73. The van der Waals surface area contributed by atoms with Crippen molar-refractivity contribution in [2.24, 2.45) is 0 Å². The molecule has 0 bridgehead atoms. The molecule has 0 aromatic carbocycles. The highest BCUT2D eigenvalue weighted by Gasteiger charge is 2.25. The molecular formula is C16H27N5O. The molecule has 2 heterocycles. The maximum atomic E-state index is 12.1. The topological polar surface area (TPSA) is 63.1 Å². The number of hydrogen-bond acceptors (Lipinski definition) is 4. The Hall–Kier alpha value is -1.43. The second-order valence-electron chi connectivity index (χ2n) is 6.60. The molecule has 1 aromatic rings. The fraction of sp³-hybridized carbons (Fsp3) is 0.812. The maximum absolute atomic E-state index is 12.1. The minimum atomic E-state index is 0.221. The molecule has 6 nitrogen and oxygen atoms in total. The van der Waals surface area contributed by atoms with E-state index in [0.29, 0.717) is 18.5 Å². The van der Waals surface area contributed by atoms with Crippen molar-refractivity contribution >= 4 is 5.91 Å². The van der Waals surface area contributed by atoms with E-state index >= 15 is 0 Å². The average molecular weight is 305 g/mol. The second kappa shape index (κ2) is 7.72. The molecule has 22 heavy (non-hydrogen) atoms. The van der Waals surface area contributed by atoms with E-state index in [1.54, 1.807) is 12.7 Å². The molecule has 1 atom stereocenters. The van der Waals surface area contributed by atoms with E-state index in [4.69, 9.17) is 0 Å². The van der Waals surface area contributed by atoms with Crippen LogP contribution in [0.4, 0.5) is 0 Å². The predicted molar refractivity (Wildman–Crippen MR) is 84.2 cm³/mol. The zero-order valence-corrected chi connectivity index (χ0v) is 13.3. The lowest BCUT2D eigenvalue weighted by atomic mass is 9.95. The van der Waals surface area contributed by atoms with E-state index < -0.39 is 0 Å². The Morgan fingerprint density at radius 2 is 2.05 bits per heavy atom. The van der Waals surface area contributed by atoms with Crippen molar-refractivity contribution in [3.63, 3.8) is 0 Å². The van der Waals surface area contributed by atoms with Crippen LogP contribution in [-0.4, -0.2) is 50.7 Å². The van der Waals surface area contributed by atoms with Gasteiger partial charge in [-0.05, 0) is 32.2 Å². The van der Waals surface area contributed by atoms with E-state index in [2.05, 4.69) is 20.3 Å². The lowest BCUT2D eigenvalue weighted by Gasteiger charge is -2.26. The monoisotopic (exact) mass is 305 g/mol. The summed E-state index contributed by atoms with van der Waals surface area (Å²) < 4.78 is 1.89. The van der Waals surface area contributed by atoms with Crippen molar-refractivity contribution < 1.29 is 4.79 Å². The first-order chi connectivity index (χ1) is 10.8. The third-order valence-electron chi connectivity index (χ3n) is 4.96. The van der Waals surface area contributed by atoms with Crippen LogP contribution in [0.1, 0.15) is 51.4 Å². The highest BCUT2D eigenvalue weighted by atomic mass is 16.1. The number of carbonyl (C=O) groups excluding carboxylic acids is 1. The van der Waals surface area contributed by atoms with E-state index in [0.717, 1.165) is 32.5 Å². The van der Waals surface area contributed by atoms with Crippen LogP contribution in [-0.2, 0) is 11.3 Å². The standard InChI is InChI=1S/C16H27N5O/c22-16(19-14-5-2-1-3-6-14)8-10-20-9-4-7-15(20)11-21-13-17-12-18-21/h12-15H,1-11H2,(H,19,22). The van der Waals surface area contributed by atoms with Crippen molar-refractivity contribution in [2.45, 2.75) is 70.0 Å². The SMILES string of the molecule is O=C(CCN1CCCC1Cn1cncn1)NC1CCCCC1. The third kappa shape index (κ3) is 4.29. The normalized spacial score (nSPS) is 23.7. The lowest BCUT2D eigenvalue weighted by Crippen LogP contribution is -2.40. The van der Waals surface area contributed by atoms with Gasteiger partial charge in [-0.25, -0.2) is 4.98 Å². The van der Waals surface area contributed by atoms with Crippen LogP contribution in [0.3, 0.4) is 0 Å². The minimum absolute atomic E-state index is 0.221. The summed E-state index contributed by atoms with van der Waals surface area (Å²) in [5.74, 6) is 0.221. The molecule has 2 aliphatic rings. The molecule has 1 aliphatic carbocycles. The maximum Gasteiger partial charge on any atom is 0.221 e. The smallest absolute Gasteiger partial charge is 0.221 e. The Balaban J connectivity index is 1.40. The van der Waals surface area contributed by atoms with Crippen molar-refractivity contribution in [1.82, 2.24) is 25.0 Å². The second-order valence-corrected chi connectivity index (χ2v) is 6.60. The summed E-state index contributed by atoms with van der Waals surface area (Å²) in [5, 5.41) is 7.40. The molecule has 1 aromatic heterocycles. The van der Waals surface area contributed by atoms with Crippen LogP contribution < -0.4 is 5.32 Å². The number of hydrogen-bond donors (Lipinski definition) is 1. The summed E-state index contributed by atoms with van der Waals surface area (Å²) in [6.45, 7) is 2.83. The van der Waals surface area contributed by atoms with Gasteiger partial charge in [0.15, 0.2) is 0 Å².